The molecule has 1 aliphatic heterocycles. The van der Waals surface area contributed by atoms with Crippen LogP contribution in [0.4, 0.5) is 15.8 Å². The average molecular weight is 318 g/mol. The number of benzene rings is 2. The zero-order chi connectivity index (χ0) is 15.5. The Morgan fingerprint density at radius 3 is 2.36 bits per heavy atom. The lowest BCUT2D eigenvalue weighted by molar-refractivity contribution is 0.171. The number of hydrogen-bond donors (Lipinski definition) is 2. The Kier molecular flexibility index (Phi) is 4.11. The van der Waals surface area contributed by atoms with Crippen LogP contribution in [-0.4, -0.2) is 18.3 Å². The largest absolute Gasteiger partial charge is 0.486 e. The molecule has 2 aromatic rings. The minimum atomic E-state index is -0.240. The molecule has 0 bridgehead atoms. The molecule has 0 fully saturated rings. The molecule has 0 atom stereocenters. The Morgan fingerprint density at radius 1 is 1.00 bits per heavy atom. The maximum atomic E-state index is 13.2. The average Bonchev–Trinajstić information content (AvgIpc) is 2.51. The molecule has 0 saturated heterocycles. The lowest BCUT2D eigenvalue weighted by Crippen LogP contribution is -2.20. The third-order valence-corrected chi connectivity index (χ3v) is 3.42. The lowest BCUT2D eigenvalue weighted by atomic mass is 10.2. The molecule has 114 valence electrons. The Labute approximate surface area is 133 Å². The van der Waals surface area contributed by atoms with Crippen LogP contribution in [0.5, 0.6) is 11.5 Å². The number of anilines is 2. The standard InChI is InChI=1S/C16H15FN2O2S/c1-10-8-11(2-4-13(10)17)18-16(22)19-12-3-5-14-15(9-12)21-7-6-20-14/h2-5,8-9H,6-7H2,1H3,(H2,18,19,22). The molecule has 1 aliphatic rings. The number of thiocarbonyl (C=S) groups is 1. The molecule has 0 amide bonds. The summed E-state index contributed by atoms with van der Waals surface area (Å²) in [7, 11) is 0. The second-order valence-electron chi connectivity index (χ2n) is 4.90. The molecular formula is C16H15FN2O2S. The van der Waals surface area contributed by atoms with Crippen LogP contribution in [0, 0.1) is 12.7 Å². The maximum Gasteiger partial charge on any atom is 0.175 e. The first-order valence-corrected chi connectivity index (χ1v) is 7.26. The molecule has 3 rings (SSSR count). The van der Waals surface area contributed by atoms with E-state index in [9.17, 15) is 4.39 Å². The van der Waals surface area contributed by atoms with E-state index in [0.29, 0.717) is 29.6 Å². The fourth-order valence-corrected chi connectivity index (χ4v) is 2.37. The van der Waals surface area contributed by atoms with Crippen LogP contribution in [0.2, 0.25) is 0 Å². The van der Waals surface area contributed by atoms with E-state index >= 15 is 0 Å². The summed E-state index contributed by atoms with van der Waals surface area (Å²) < 4.78 is 24.2. The second kappa shape index (κ2) is 6.19. The molecule has 6 heteroatoms. The van der Waals surface area contributed by atoms with Gasteiger partial charge in [0.05, 0.1) is 0 Å². The van der Waals surface area contributed by atoms with Crippen molar-refractivity contribution in [3.05, 3.63) is 47.8 Å². The van der Waals surface area contributed by atoms with Crippen LogP contribution in [0.25, 0.3) is 0 Å². The van der Waals surface area contributed by atoms with Gasteiger partial charge in [-0.3, -0.25) is 0 Å². The second-order valence-corrected chi connectivity index (χ2v) is 5.31. The SMILES string of the molecule is Cc1cc(NC(=S)Nc2ccc3c(c2)OCCO3)ccc1F. The number of rotatable bonds is 2. The van der Waals surface area contributed by atoms with Crippen molar-refractivity contribution in [2.24, 2.45) is 0 Å². The van der Waals surface area contributed by atoms with Crippen molar-refractivity contribution in [2.75, 3.05) is 23.8 Å². The van der Waals surface area contributed by atoms with E-state index in [1.54, 1.807) is 19.1 Å². The Bertz CT molecular complexity index is 721. The molecule has 0 aromatic heterocycles. The van der Waals surface area contributed by atoms with E-state index in [1.165, 1.54) is 6.07 Å². The molecule has 0 radical (unpaired) electrons. The van der Waals surface area contributed by atoms with Crippen LogP contribution in [0.3, 0.4) is 0 Å². The molecule has 0 aliphatic carbocycles. The van der Waals surface area contributed by atoms with Gasteiger partial charge in [-0.25, -0.2) is 4.39 Å². The van der Waals surface area contributed by atoms with Crippen LogP contribution in [0.15, 0.2) is 36.4 Å². The van der Waals surface area contributed by atoms with Crippen molar-refractivity contribution in [1.29, 1.82) is 0 Å². The van der Waals surface area contributed by atoms with E-state index in [4.69, 9.17) is 21.7 Å². The molecule has 0 unspecified atom stereocenters. The van der Waals surface area contributed by atoms with Gasteiger partial charge in [0.15, 0.2) is 16.6 Å². The first-order chi connectivity index (χ1) is 10.6. The summed E-state index contributed by atoms with van der Waals surface area (Å²) >= 11 is 5.26. The highest BCUT2D eigenvalue weighted by atomic mass is 32.1. The normalized spacial score (nSPS) is 12.6. The minimum Gasteiger partial charge on any atom is -0.486 e. The Balaban J connectivity index is 1.67. The highest BCUT2D eigenvalue weighted by Crippen LogP contribution is 2.32. The van der Waals surface area contributed by atoms with Gasteiger partial charge in [0, 0.05) is 17.4 Å². The van der Waals surface area contributed by atoms with Crippen molar-refractivity contribution in [3.8, 4) is 11.5 Å². The third-order valence-electron chi connectivity index (χ3n) is 3.22. The molecule has 2 N–H and O–H groups in total. The van der Waals surface area contributed by atoms with Crippen LogP contribution < -0.4 is 20.1 Å². The van der Waals surface area contributed by atoms with Crippen molar-refractivity contribution in [1.82, 2.24) is 0 Å². The van der Waals surface area contributed by atoms with E-state index in [2.05, 4.69) is 10.6 Å². The van der Waals surface area contributed by atoms with Gasteiger partial charge in [-0.15, -0.1) is 0 Å². The molecule has 0 spiro atoms. The van der Waals surface area contributed by atoms with E-state index < -0.39 is 0 Å². The summed E-state index contributed by atoms with van der Waals surface area (Å²) in [5.74, 6) is 1.18. The molecule has 0 saturated carbocycles. The molecule has 2 aromatic carbocycles. The van der Waals surface area contributed by atoms with Crippen molar-refractivity contribution >= 4 is 28.7 Å². The van der Waals surface area contributed by atoms with E-state index in [-0.39, 0.29) is 5.82 Å². The van der Waals surface area contributed by atoms with Gasteiger partial charge in [0.2, 0.25) is 0 Å². The fraction of sp³-hybridized carbons (Fsp3) is 0.188. The molecule has 22 heavy (non-hydrogen) atoms. The summed E-state index contributed by atoms with van der Waals surface area (Å²) in [4.78, 5) is 0. The smallest absolute Gasteiger partial charge is 0.175 e. The molecule has 1 heterocycles. The zero-order valence-electron chi connectivity index (χ0n) is 12.0. The number of fused-ring (bicyclic) bond motifs is 1. The number of nitrogens with one attached hydrogen (secondary N) is 2. The summed E-state index contributed by atoms with van der Waals surface area (Å²) in [6, 6.07) is 10.3. The zero-order valence-corrected chi connectivity index (χ0v) is 12.8. The van der Waals surface area contributed by atoms with Gasteiger partial charge in [0.1, 0.15) is 19.0 Å². The van der Waals surface area contributed by atoms with Crippen LogP contribution in [-0.2, 0) is 0 Å². The summed E-state index contributed by atoms with van der Waals surface area (Å²) in [5.41, 5.74) is 2.08. The van der Waals surface area contributed by atoms with Gasteiger partial charge in [-0.1, -0.05) is 0 Å². The third kappa shape index (κ3) is 3.28. The van der Waals surface area contributed by atoms with Gasteiger partial charge >= 0.3 is 0 Å². The van der Waals surface area contributed by atoms with E-state index in [0.717, 1.165) is 17.1 Å². The number of ether oxygens (including phenoxy) is 2. The maximum absolute atomic E-state index is 13.2. The van der Waals surface area contributed by atoms with Crippen LogP contribution >= 0.6 is 12.2 Å². The van der Waals surface area contributed by atoms with Gasteiger partial charge in [0.25, 0.3) is 0 Å². The highest BCUT2D eigenvalue weighted by molar-refractivity contribution is 7.80. The monoisotopic (exact) mass is 318 g/mol. The quantitative estimate of drug-likeness (QED) is 0.826. The molecular weight excluding hydrogens is 303 g/mol. The van der Waals surface area contributed by atoms with Gasteiger partial charge in [-0.2, -0.15) is 0 Å². The van der Waals surface area contributed by atoms with Crippen molar-refractivity contribution in [2.45, 2.75) is 6.92 Å². The Morgan fingerprint density at radius 2 is 1.64 bits per heavy atom. The van der Waals surface area contributed by atoms with Gasteiger partial charge < -0.3 is 20.1 Å². The predicted molar refractivity (Wildman–Crippen MR) is 88.4 cm³/mol. The summed E-state index contributed by atoms with van der Waals surface area (Å²) in [5, 5.41) is 6.50. The Hall–Kier alpha value is -2.34. The van der Waals surface area contributed by atoms with E-state index in [1.807, 2.05) is 18.2 Å². The topological polar surface area (TPSA) is 42.5 Å². The summed E-state index contributed by atoms with van der Waals surface area (Å²) in [6.45, 7) is 2.80. The number of halogens is 1. The van der Waals surface area contributed by atoms with Crippen molar-refractivity contribution in [3.63, 3.8) is 0 Å². The molecule has 4 nitrogen and oxygen atoms in total. The predicted octanol–water partition coefficient (Wildman–Crippen LogP) is 3.71. The first-order valence-electron chi connectivity index (χ1n) is 6.85. The van der Waals surface area contributed by atoms with Crippen molar-refractivity contribution < 1.29 is 13.9 Å². The first kappa shape index (κ1) is 14.6. The lowest BCUT2D eigenvalue weighted by Gasteiger charge is -2.19. The highest BCUT2D eigenvalue weighted by Gasteiger charge is 2.12. The minimum absolute atomic E-state index is 0.240. The summed E-state index contributed by atoms with van der Waals surface area (Å²) in [6.07, 6.45) is 0. The number of hydrogen-bond acceptors (Lipinski definition) is 3. The fourth-order valence-electron chi connectivity index (χ4n) is 2.14. The van der Waals surface area contributed by atoms with Gasteiger partial charge in [-0.05, 0) is 55.0 Å². The number of aryl methyl sites for hydroxylation is 1. The van der Waals surface area contributed by atoms with Crippen LogP contribution in [0.1, 0.15) is 5.56 Å².